The van der Waals surface area contributed by atoms with Crippen molar-refractivity contribution in [1.82, 2.24) is 14.7 Å². The topological polar surface area (TPSA) is 41.3 Å². The lowest BCUT2D eigenvalue weighted by Gasteiger charge is -2.31. The number of hydrogen-bond acceptors (Lipinski definition) is 3. The van der Waals surface area contributed by atoms with Crippen LogP contribution >= 0.6 is 0 Å². The largest absolute Gasteiger partial charge is 0.390 e. The first-order chi connectivity index (χ1) is 10.7. The Morgan fingerprint density at radius 1 is 1.27 bits per heavy atom. The molecular formula is C18H25N3O. The Kier molecular flexibility index (Phi) is 4.90. The van der Waals surface area contributed by atoms with E-state index < -0.39 is 6.10 Å². The van der Waals surface area contributed by atoms with Gasteiger partial charge in [0.1, 0.15) is 0 Å². The Morgan fingerprint density at radius 2 is 2.05 bits per heavy atom. The summed E-state index contributed by atoms with van der Waals surface area (Å²) in [6.07, 6.45) is 5.89. The smallest absolute Gasteiger partial charge is 0.0862 e. The molecule has 1 aliphatic carbocycles. The fraction of sp³-hybridized carbons (Fsp3) is 0.500. The van der Waals surface area contributed by atoms with Gasteiger partial charge in [-0.25, -0.2) is 0 Å². The summed E-state index contributed by atoms with van der Waals surface area (Å²) < 4.78 is 1.80. The molecule has 1 heterocycles. The van der Waals surface area contributed by atoms with Gasteiger partial charge in [-0.2, -0.15) is 5.10 Å². The minimum absolute atomic E-state index is 0.398. The van der Waals surface area contributed by atoms with Gasteiger partial charge in [-0.15, -0.1) is 0 Å². The first kappa shape index (κ1) is 15.3. The van der Waals surface area contributed by atoms with Crippen LogP contribution in [0.25, 0.3) is 0 Å². The van der Waals surface area contributed by atoms with Crippen molar-refractivity contribution in [3.63, 3.8) is 0 Å². The van der Waals surface area contributed by atoms with Crippen molar-refractivity contribution in [2.45, 2.75) is 45.0 Å². The molecule has 1 fully saturated rings. The third kappa shape index (κ3) is 4.18. The highest BCUT2D eigenvalue weighted by Crippen LogP contribution is 2.35. The van der Waals surface area contributed by atoms with Crippen molar-refractivity contribution < 1.29 is 5.11 Å². The molecule has 1 N–H and O–H groups in total. The predicted octanol–water partition coefficient (Wildman–Crippen LogP) is 2.54. The molecule has 1 aliphatic rings. The maximum absolute atomic E-state index is 10.4. The van der Waals surface area contributed by atoms with Gasteiger partial charge >= 0.3 is 0 Å². The van der Waals surface area contributed by atoms with Gasteiger partial charge in [-0.1, -0.05) is 30.3 Å². The zero-order valence-electron chi connectivity index (χ0n) is 13.2. The molecule has 0 spiro atoms. The summed E-state index contributed by atoms with van der Waals surface area (Å²) in [5, 5.41) is 14.6. The molecule has 0 unspecified atom stereocenters. The first-order valence-electron chi connectivity index (χ1n) is 8.16. The third-order valence-corrected chi connectivity index (χ3v) is 4.51. The SMILES string of the molecule is C[C@@H](C1CC1)N(Cc1ccccc1)C[C@@H](O)Cn1cccn1. The highest BCUT2D eigenvalue weighted by Gasteiger charge is 2.32. The van der Waals surface area contributed by atoms with Crippen LogP contribution in [0.15, 0.2) is 48.8 Å². The minimum atomic E-state index is -0.398. The summed E-state index contributed by atoms with van der Waals surface area (Å²) in [5.74, 6) is 0.792. The van der Waals surface area contributed by atoms with Gasteiger partial charge in [0, 0.05) is 31.5 Å². The van der Waals surface area contributed by atoms with Gasteiger partial charge in [0.25, 0.3) is 0 Å². The fourth-order valence-corrected chi connectivity index (χ4v) is 3.02. The molecule has 1 saturated carbocycles. The second kappa shape index (κ2) is 7.07. The van der Waals surface area contributed by atoms with E-state index >= 15 is 0 Å². The number of benzene rings is 1. The number of aliphatic hydroxyl groups is 1. The van der Waals surface area contributed by atoms with Crippen LogP contribution in [0.1, 0.15) is 25.3 Å². The van der Waals surface area contributed by atoms with Crippen LogP contribution in [-0.4, -0.2) is 38.5 Å². The van der Waals surface area contributed by atoms with Crippen LogP contribution in [0.4, 0.5) is 0 Å². The lowest BCUT2D eigenvalue weighted by molar-refractivity contribution is 0.0667. The predicted molar refractivity (Wildman–Crippen MR) is 87.3 cm³/mol. The van der Waals surface area contributed by atoms with Crippen molar-refractivity contribution in [1.29, 1.82) is 0 Å². The van der Waals surface area contributed by atoms with Gasteiger partial charge < -0.3 is 5.11 Å². The molecule has 0 bridgehead atoms. The van der Waals surface area contributed by atoms with Gasteiger partial charge in [-0.3, -0.25) is 9.58 Å². The summed E-state index contributed by atoms with van der Waals surface area (Å²) in [6, 6.07) is 12.9. The summed E-state index contributed by atoms with van der Waals surface area (Å²) in [6.45, 7) is 4.43. The highest BCUT2D eigenvalue weighted by atomic mass is 16.3. The number of aliphatic hydroxyl groups excluding tert-OH is 1. The average Bonchev–Trinajstić information content (AvgIpc) is 3.25. The van der Waals surface area contributed by atoms with Crippen LogP contribution in [0, 0.1) is 5.92 Å². The van der Waals surface area contributed by atoms with Crippen LogP contribution in [0.5, 0.6) is 0 Å². The summed E-state index contributed by atoms with van der Waals surface area (Å²) in [5.41, 5.74) is 1.31. The standard InChI is InChI=1S/C18H25N3O/c1-15(17-8-9-17)20(12-16-6-3-2-4-7-16)13-18(22)14-21-11-5-10-19-21/h2-7,10-11,15,17-18,22H,8-9,12-14H2,1H3/t15-,18+/m0/s1. The zero-order valence-corrected chi connectivity index (χ0v) is 13.2. The van der Waals surface area contributed by atoms with Gasteiger partial charge in [0.05, 0.1) is 12.6 Å². The normalized spacial score (nSPS) is 17.6. The molecule has 4 nitrogen and oxygen atoms in total. The highest BCUT2D eigenvalue weighted by molar-refractivity contribution is 5.14. The molecule has 2 atom stereocenters. The van der Waals surface area contributed by atoms with E-state index in [9.17, 15) is 5.11 Å². The molecule has 118 valence electrons. The molecule has 4 heteroatoms. The van der Waals surface area contributed by atoms with Gasteiger partial charge in [0.2, 0.25) is 0 Å². The van der Waals surface area contributed by atoms with Crippen LogP contribution in [0.3, 0.4) is 0 Å². The Labute approximate surface area is 132 Å². The maximum Gasteiger partial charge on any atom is 0.0862 e. The van der Waals surface area contributed by atoms with E-state index in [-0.39, 0.29) is 0 Å². The monoisotopic (exact) mass is 299 g/mol. The Morgan fingerprint density at radius 3 is 2.68 bits per heavy atom. The van der Waals surface area contributed by atoms with E-state index in [0.29, 0.717) is 19.1 Å². The molecule has 2 aromatic rings. The Balaban J connectivity index is 1.62. The van der Waals surface area contributed by atoms with E-state index in [2.05, 4.69) is 41.2 Å². The molecule has 1 aromatic carbocycles. The van der Waals surface area contributed by atoms with E-state index in [1.54, 1.807) is 10.9 Å². The quantitative estimate of drug-likeness (QED) is 0.814. The molecule has 0 amide bonds. The van der Waals surface area contributed by atoms with Crippen LogP contribution in [0.2, 0.25) is 0 Å². The van der Waals surface area contributed by atoms with E-state index in [0.717, 1.165) is 12.5 Å². The first-order valence-corrected chi connectivity index (χ1v) is 8.16. The third-order valence-electron chi connectivity index (χ3n) is 4.51. The second-order valence-corrected chi connectivity index (χ2v) is 6.38. The van der Waals surface area contributed by atoms with Gasteiger partial charge in [-0.05, 0) is 37.3 Å². The summed E-state index contributed by atoms with van der Waals surface area (Å²) in [4.78, 5) is 2.42. The number of rotatable bonds is 8. The van der Waals surface area contributed by atoms with Crippen molar-refractivity contribution >= 4 is 0 Å². The molecule has 22 heavy (non-hydrogen) atoms. The lowest BCUT2D eigenvalue weighted by Crippen LogP contribution is -2.41. The maximum atomic E-state index is 10.4. The van der Waals surface area contributed by atoms with E-state index in [1.165, 1.54) is 18.4 Å². The van der Waals surface area contributed by atoms with Crippen molar-refractivity contribution in [2.75, 3.05) is 6.54 Å². The lowest BCUT2D eigenvalue weighted by atomic mass is 10.1. The molecule has 0 radical (unpaired) electrons. The molecule has 0 saturated heterocycles. The summed E-state index contributed by atoms with van der Waals surface area (Å²) >= 11 is 0. The van der Waals surface area contributed by atoms with Crippen molar-refractivity contribution in [3.05, 3.63) is 54.4 Å². The minimum Gasteiger partial charge on any atom is -0.390 e. The van der Waals surface area contributed by atoms with Crippen LogP contribution in [-0.2, 0) is 13.1 Å². The molecule has 3 rings (SSSR count). The zero-order chi connectivity index (χ0) is 15.4. The average molecular weight is 299 g/mol. The van der Waals surface area contributed by atoms with Crippen LogP contribution < -0.4 is 0 Å². The molecular weight excluding hydrogens is 274 g/mol. The second-order valence-electron chi connectivity index (χ2n) is 6.38. The molecule has 1 aromatic heterocycles. The fourth-order valence-electron chi connectivity index (χ4n) is 3.02. The van der Waals surface area contributed by atoms with Gasteiger partial charge in [0.15, 0.2) is 0 Å². The number of nitrogens with zero attached hydrogens (tertiary/aromatic N) is 3. The van der Waals surface area contributed by atoms with Crippen molar-refractivity contribution in [2.24, 2.45) is 5.92 Å². The number of hydrogen-bond donors (Lipinski definition) is 1. The summed E-state index contributed by atoms with van der Waals surface area (Å²) in [7, 11) is 0. The number of aromatic nitrogens is 2. The Bertz CT molecular complexity index is 551. The Hall–Kier alpha value is -1.65. The van der Waals surface area contributed by atoms with E-state index in [1.807, 2.05) is 18.3 Å². The molecule has 0 aliphatic heterocycles. The van der Waals surface area contributed by atoms with E-state index in [4.69, 9.17) is 0 Å². The van der Waals surface area contributed by atoms with Crippen molar-refractivity contribution in [3.8, 4) is 0 Å².